The first-order valence-corrected chi connectivity index (χ1v) is 7.55. The molecule has 1 aromatic carbocycles. The Morgan fingerprint density at radius 2 is 2.25 bits per heavy atom. The van der Waals surface area contributed by atoms with Gasteiger partial charge in [0.1, 0.15) is 0 Å². The molecular formula is C17H22N2O. The number of fused-ring (bicyclic) bond motifs is 1. The molecule has 3 rings (SSSR count). The molecule has 20 heavy (non-hydrogen) atoms. The lowest BCUT2D eigenvalue weighted by Gasteiger charge is -2.31. The summed E-state index contributed by atoms with van der Waals surface area (Å²) in [5.74, 6) is 0.550. The summed E-state index contributed by atoms with van der Waals surface area (Å²) in [6.07, 6.45) is 4.32. The van der Waals surface area contributed by atoms with Crippen LogP contribution in [0.4, 0.5) is 0 Å². The van der Waals surface area contributed by atoms with Crippen molar-refractivity contribution in [2.24, 2.45) is 5.92 Å². The van der Waals surface area contributed by atoms with E-state index in [4.69, 9.17) is 4.74 Å². The number of rotatable bonds is 4. The highest BCUT2D eigenvalue weighted by Crippen LogP contribution is 2.32. The van der Waals surface area contributed by atoms with E-state index in [0.717, 1.165) is 31.7 Å². The highest BCUT2D eigenvalue weighted by Gasteiger charge is 2.26. The third-order valence-corrected chi connectivity index (χ3v) is 4.11. The van der Waals surface area contributed by atoms with Crippen molar-refractivity contribution in [1.82, 2.24) is 10.3 Å². The van der Waals surface area contributed by atoms with Crippen LogP contribution in [-0.2, 0) is 4.74 Å². The minimum absolute atomic E-state index is 0.355. The third kappa shape index (κ3) is 2.69. The normalized spacial score (nSPS) is 20.9. The largest absolute Gasteiger partial charge is 0.381 e. The van der Waals surface area contributed by atoms with Gasteiger partial charge < -0.3 is 10.1 Å². The predicted molar refractivity (Wildman–Crippen MR) is 81.7 cm³/mol. The van der Waals surface area contributed by atoms with Crippen molar-refractivity contribution in [2.75, 3.05) is 19.8 Å². The second-order valence-electron chi connectivity index (χ2n) is 5.43. The van der Waals surface area contributed by atoms with Crippen LogP contribution in [-0.4, -0.2) is 24.7 Å². The van der Waals surface area contributed by atoms with Gasteiger partial charge in [0.05, 0.1) is 12.1 Å². The van der Waals surface area contributed by atoms with Crippen LogP contribution in [0.15, 0.2) is 36.5 Å². The molecule has 3 nitrogen and oxygen atoms in total. The first-order valence-electron chi connectivity index (χ1n) is 7.55. The second-order valence-corrected chi connectivity index (χ2v) is 5.43. The quantitative estimate of drug-likeness (QED) is 0.925. The molecule has 0 spiro atoms. The number of hydrogen-bond acceptors (Lipinski definition) is 3. The highest BCUT2D eigenvalue weighted by molar-refractivity contribution is 5.82. The molecule has 1 fully saturated rings. The van der Waals surface area contributed by atoms with Gasteiger partial charge in [-0.15, -0.1) is 0 Å². The fourth-order valence-corrected chi connectivity index (χ4v) is 3.17. The predicted octanol–water partition coefficient (Wildman–Crippen LogP) is 3.31. The molecule has 1 aliphatic rings. The van der Waals surface area contributed by atoms with Gasteiger partial charge in [-0.1, -0.05) is 25.1 Å². The van der Waals surface area contributed by atoms with Crippen molar-refractivity contribution in [3.63, 3.8) is 0 Å². The Morgan fingerprint density at radius 1 is 1.35 bits per heavy atom. The number of ether oxygens (including phenoxy) is 1. The van der Waals surface area contributed by atoms with Crippen molar-refractivity contribution >= 4 is 10.9 Å². The molecule has 2 unspecified atom stereocenters. The van der Waals surface area contributed by atoms with Crippen molar-refractivity contribution in [1.29, 1.82) is 0 Å². The van der Waals surface area contributed by atoms with Crippen LogP contribution in [0, 0.1) is 5.92 Å². The lowest BCUT2D eigenvalue weighted by atomic mass is 9.87. The molecule has 1 N–H and O–H groups in total. The third-order valence-electron chi connectivity index (χ3n) is 4.11. The summed E-state index contributed by atoms with van der Waals surface area (Å²) in [4.78, 5) is 4.47. The summed E-state index contributed by atoms with van der Waals surface area (Å²) >= 11 is 0. The Hall–Kier alpha value is -1.45. The second kappa shape index (κ2) is 6.33. The molecule has 0 saturated carbocycles. The van der Waals surface area contributed by atoms with Gasteiger partial charge in [-0.2, -0.15) is 0 Å². The standard InChI is InChI=1S/C17H22N2O/c1-2-18-17(13-6-5-11-20-12-13)15-9-10-19-16-8-4-3-7-14(15)16/h3-4,7-10,13,17-18H,2,5-6,11-12H2,1H3. The summed E-state index contributed by atoms with van der Waals surface area (Å²) in [7, 11) is 0. The maximum Gasteiger partial charge on any atom is 0.0705 e. The van der Waals surface area contributed by atoms with E-state index in [1.165, 1.54) is 17.4 Å². The summed E-state index contributed by atoms with van der Waals surface area (Å²) in [5.41, 5.74) is 2.43. The Balaban J connectivity index is 2.00. The molecule has 3 heteroatoms. The van der Waals surface area contributed by atoms with Gasteiger partial charge in [-0.25, -0.2) is 0 Å². The van der Waals surface area contributed by atoms with E-state index in [1.54, 1.807) is 0 Å². The molecule has 0 bridgehead atoms. The Bertz CT molecular complexity index is 558. The van der Waals surface area contributed by atoms with Crippen LogP contribution in [0.3, 0.4) is 0 Å². The lowest BCUT2D eigenvalue weighted by Crippen LogP contribution is -2.33. The van der Waals surface area contributed by atoms with E-state index in [0.29, 0.717) is 12.0 Å². The van der Waals surface area contributed by atoms with Crippen LogP contribution in [0.1, 0.15) is 31.4 Å². The summed E-state index contributed by atoms with van der Waals surface area (Å²) in [5, 5.41) is 4.91. The number of pyridine rings is 1. The molecule has 2 aromatic rings. The number of nitrogens with zero attached hydrogens (tertiary/aromatic N) is 1. The Kier molecular flexibility index (Phi) is 4.28. The van der Waals surface area contributed by atoms with Crippen molar-refractivity contribution in [3.8, 4) is 0 Å². The summed E-state index contributed by atoms with van der Waals surface area (Å²) in [6.45, 7) is 4.90. The first kappa shape index (κ1) is 13.5. The van der Waals surface area contributed by atoms with E-state index in [-0.39, 0.29) is 0 Å². The topological polar surface area (TPSA) is 34.2 Å². The van der Waals surface area contributed by atoms with E-state index in [1.807, 2.05) is 12.3 Å². The Labute approximate surface area is 120 Å². The molecule has 1 saturated heterocycles. The zero-order chi connectivity index (χ0) is 13.8. The van der Waals surface area contributed by atoms with Crippen molar-refractivity contribution < 1.29 is 4.74 Å². The maximum atomic E-state index is 5.69. The van der Waals surface area contributed by atoms with Gasteiger partial charge in [-0.3, -0.25) is 4.98 Å². The molecule has 1 aliphatic heterocycles. The van der Waals surface area contributed by atoms with Crippen LogP contribution in [0.25, 0.3) is 10.9 Å². The minimum atomic E-state index is 0.355. The first-order chi connectivity index (χ1) is 9.90. The van der Waals surface area contributed by atoms with Crippen LogP contribution >= 0.6 is 0 Å². The maximum absolute atomic E-state index is 5.69. The van der Waals surface area contributed by atoms with Crippen molar-refractivity contribution in [2.45, 2.75) is 25.8 Å². The molecule has 0 aliphatic carbocycles. The molecular weight excluding hydrogens is 248 g/mol. The van der Waals surface area contributed by atoms with E-state index in [2.05, 4.69) is 41.5 Å². The number of aromatic nitrogens is 1. The van der Waals surface area contributed by atoms with Gasteiger partial charge in [0.2, 0.25) is 0 Å². The fraction of sp³-hybridized carbons (Fsp3) is 0.471. The minimum Gasteiger partial charge on any atom is -0.381 e. The zero-order valence-corrected chi connectivity index (χ0v) is 12.0. The molecule has 1 aromatic heterocycles. The molecule has 0 amide bonds. The van der Waals surface area contributed by atoms with E-state index >= 15 is 0 Å². The number of nitrogens with one attached hydrogen (secondary N) is 1. The monoisotopic (exact) mass is 270 g/mol. The average Bonchev–Trinajstić information content (AvgIpc) is 2.53. The van der Waals surface area contributed by atoms with Gasteiger partial charge in [-0.05, 0) is 37.1 Å². The number of hydrogen-bond donors (Lipinski definition) is 1. The van der Waals surface area contributed by atoms with Gasteiger partial charge in [0.15, 0.2) is 0 Å². The SMILES string of the molecule is CCNC(c1ccnc2ccccc12)C1CCCOC1. The zero-order valence-electron chi connectivity index (χ0n) is 12.0. The lowest BCUT2D eigenvalue weighted by molar-refractivity contribution is 0.0395. The van der Waals surface area contributed by atoms with Crippen LogP contribution in [0.2, 0.25) is 0 Å². The van der Waals surface area contributed by atoms with Crippen LogP contribution < -0.4 is 5.32 Å². The van der Waals surface area contributed by atoms with Crippen LogP contribution in [0.5, 0.6) is 0 Å². The highest BCUT2D eigenvalue weighted by atomic mass is 16.5. The van der Waals surface area contributed by atoms with Gasteiger partial charge >= 0.3 is 0 Å². The molecule has 2 atom stereocenters. The fourth-order valence-electron chi connectivity index (χ4n) is 3.17. The molecule has 2 heterocycles. The Morgan fingerprint density at radius 3 is 3.05 bits per heavy atom. The van der Waals surface area contributed by atoms with E-state index in [9.17, 15) is 0 Å². The van der Waals surface area contributed by atoms with Crippen molar-refractivity contribution in [3.05, 3.63) is 42.1 Å². The summed E-state index contributed by atoms with van der Waals surface area (Å²) in [6, 6.07) is 10.9. The van der Waals surface area contributed by atoms with E-state index < -0.39 is 0 Å². The van der Waals surface area contributed by atoms with Gasteiger partial charge in [0.25, 0.3) is 0 Å². The molecule has 0 radical (unpaired) electrons. The van der Waals surface area contributed by atoms with Gasteiger partial charge in [0, 0.05) is 30.1 Å². The number of benzene rings is 1. The number of para-hydroxylation sites is 1. The average molecular weight is 270 g/mol. The molecule has 106 valence electrons. The smallest absolute Gasteiger partial charge is 0.0705 e. The summed E-state index contributed by atoms with van der Waals surface area (Å²) < 4.78 is 5.69.